The number of benzene rings is 1. The smallest absolute Gasteiger partial charge is 0.255 e. The number of nitrogens with zero attached hydrogens (tertiary/aromatic N) is 2. The third-order valence-electron chi connectivity index (χ3n) is 5.38. The molecule has 1 unspecified atom stereocenters. The second kappa shape index (κ2) is 9.42. The summed E-state index contributed by atoms with van der Waals surface area (Å²) in [5.74, 6) is -1.68. The number of nitrogens with one attached hydrogen (secondary N) is 1. The van der Waals surface area contributed by atoms with Crippen molar-refractivity contribution in [2.45, 2.75) is 38.2 Å². The van der Waals surface area contributed by atoms with Crippen LogP contribution in [0.2, 0.25) is 0 Å². The highest BCUT2D eigenvalue weighted by atomic mass is 19.3. The van der Waals surface area contributed by atoms with E-state index in [0.29, 0.717) is 41.5 Å². The van der Waals surface area contributed by atoms with Crippen LogP contribution in [-0.4, -0.2) is 55.6 Å². The Kier molecular flexibility index (Phi) is 6.91. The van der Waals surface area contributed by atoms with E-state index in [9.17, 15) is 13.6 Å². The number of oxazole rings is 1. The van der Waals surface area contributed by atoms with Crippen LogP contribution >= 0.6 is 0 Å². The van der Waals surface area contributed by atoms with Gasteiger partial charge in [0.2, 0.25) is 5.92 Å². The van der Waals surface area contributed by atoms with Crippen LogP contribution in [0.4, 0.5) is 8.78 Å². The topological polar surface area (TPSA) is 76.8 Å². The largest absolute Gasteiger partial charge is 0.493 e. The number of rotatable bonds is 7. The van der Waals surface area contributed by atoms with Crippen molar-refractivity contribution < 1.29 is 27.5 Å². The minimum Gasteiger partial charge on any atom is -0.493 e. The van der Waals surface area contributed by atoms with Gasteiger partial charge >= 0.3 is 0 Å². The molecule has 2 heterocycles. The van der Waals surface area contributed by atoms with Crippen molar-refractivity contribution in [3.63, 3.8) is 0 Å². The number of alkyl halides is 2. The van der Waals surface area contributed by atoms with Crippen LogP contribution in [0.25, 0.3) is 0 Å². The lowest BCUT2D eigenvalue weighted by molar-refractivity contribution is -0.0143. The molecule has 0 spiro atoms. The van der Waals surface area contributed by atoms with Gasteiger partial charge in [0.25, 0.3) is 5.91 Å². The van der Waals surface area contributed by atoms with Crippen molar-refractivity contribution in [1.82, 2.24) is 15.2 Å². The van der Waals surface area contributed by atoms with Crippen molar-refractivity contribution in [1.29, 1.82) is 0 Å². The van der Waals surface area contributed by atoms with E-state index in [1.54, 1.807) is 25.1 Å². The van der Waals surface area contributed by atoms with E-state index in [-0.39, 0.29) is 31.8 Å². The Labute approximate surface area is 174 Å². The molecule has 1 fully saturated rings. The number of aryl methyl sites for hydroxylation is 1. The van der Waals surface area contributed by atoms with Gasteiger partial charge in [0, 0.05) is 25.9 Å². The zero-order valence-corrected chi connectivity index (χ0v) is 17.4. The highest BCUT2D eigenvalue weighted by Gasteiger charge is 2.35. The van der Waals surface area contributed by atoms with Gasteiger partial charge in [0.1, 0.15) is 5.76 Å². The van der Waals surface area contributed by atoms with E-state index >= 15 is 0 Å². The molecule has 0 saturated carbocycles. The fourth-order valence-corrected chi connectivity index (χ4v) is 3.77. The number of amides is 1. The second-order valence-corrected chi connectivity index (χ2v) is 7.31. The van der Waals surface area contributed by atoms with Crippen molar-refractivity contribution >= 4 is 5.91 Å². The molecule has 1 aromatic carbocycles. The highest BCUT2D eigenvalue weighted by Crippen LogP contribution is 2.33. The van der Waals surface area contributed by atoms with E-state index in [2.05, 4.69) is 10.3 Å². The molecule has 9 heteroatoms. The molecular formula is C21H27F2N3O4. The molecule has 1 amide bonds. The Morgan fingerprint density at radius 3 is 2.77 bits per heavy atom. The maximum Gasteiger partial charge on any atom is 0.255 e. The number of carbonyl (C=O) groups is 1. The molecule has 0 bridgehead atoms. The molecule has 1 aliphatic heterocycles. The number of halogens is 2. The lowest BCUT2D eigenvalue weighted by Crippen LogP contribution is -2.39. The van der Waals surface area contributed by atoms with Gasteiger partial charge in [-0.2, -0.15) is 0 Å². The summed E-state index contributed by atoms with van der Waals surface area (Å²) in [4.78, 5) is 18.9. The molecule has 2 aromatic rings. The molecule has 0 radical (unpaired) electrons. The van der Waals surface area contributed by atoms with Crippen LogP contribution in [-0.2, 0) is 0 Å². The van der Waals surface area contributed by atoms with Gasteiger partial charge in [-0.3, -0.25) is 9.69 Å². The summed E-state index contributed by atoms with van der Waals surface area (Å²) in [5, 5.41) is 2.89. The number of likely N-dealkylation sites (tertiary alicyclic amines) is 1. The van der Waals surface area contributed by atoms with E-state index in [0.717, 1.165) is 0 Å². The Bertz CT molecular complexity index is 872. The SMILES string of the molecule is COc1cccc(C(=O)NCC(c2ocnc2C)N2CCCC(F)(F)CC2)c1OC. The maximum atomic E-state index is 13.9. The minimum absolute atomic E-state index is 0.140. The molecule has 1 N–H and O–H groups in total. The summed E-state index contributed by atoms with van der Waals surface area (Å²) in [6, 6.07) is 4.64. The zero-order chi connectivity index (χ0) is 21.7. The number of methoxy groups -OCH3 is 2. The van der Waals surface area contributed by atoms with Gasteiger partial charge in [-0.05, 0) is 32.0 Å². The molecule has 1 atom stereocenters. The third-order valence-corrected chi connectivity index (χ3v) is 5.38. The van der Waals surface area contributed by atoms with Crippen LogP contribution in [0.1, 0.15) is 47.1 Å². The van der Waals surface area contributed by atoms with Crippen LogP contribution in [0.15, 0.2) is 29.0 Å². The first-order valence-corrected chi connectivity index (χ1v) is 9.87. The predicted octanol–water partition coefficient (Wildman–Crippen LogP) is 3.59. The number of ether oxygens (including phenoxy) is 2. The van der Waals surface area contributed by atoms with Crippen molar-refractivity contribution in [2.24, 2.45) is 0 Å². The van der Waals surface area contributed by atoms with E-state index < -0.39 is 12.0 Å². The average molecular weight is 423 g/mol. The van der Waals surface area contributed by atoms with E-state index in [1.807, 2.05) is 4.90 Å². The summed E-state index contributed by atoms with van der Waals surface area (Å²) in [5.41, 5.74) is 0.997. The molecule has 30 heavy (non-hydrogen) atoms. The van der Waals surface area contributed by atoms with Crippen molar-refractivity contribution in [3.05, 3.63) is 41.6 Å². The fourth-order valence-electron chi connectivity index (χ4n) is 3.77. The predicted molar refractivity (Wildman–Crippen MR) is 106 cm³/mol. The average Bonchev–Trinajstić information content (AvgIpc) is 3.07. The maximum absolute atomic E-state index is 13.9. The van der Waals surface area contributed by atoms with E-state index in [4.69, 9.17) is 13.9 Å². The Morgan fingerprint density at radius 2 is 2.10 bits per heavy atom. The van der Waals surface area contributed by atoms with Crippen LogP contribution < -0.4 is 14.8 Å². The minimum atomic E-state index is -2.67. The summed E-state index contributed by atoms with van der Waals surface area (Å²) in [6.07, 6.45) is 1.33. The third kappa shape index (κ3) is 4.89. The second-order valence-electron chi connectivity index (χ2n) is 7.31. The normalized spacial score (nSPS) is 17.8. The standard InChI is InChI=1S/C21H27F2N3O4/c1-14-18(30-13-25-14)16(26-10-5-8-21(22,23)9-11-26)12-24-20(27)15-6-4-7-17(28-2)19(15)29-3/h4,6-7,13,16H,5,8-12H2,1-3H3,(H,24,27). The Balaban J connectivity index is 1.79. The van der Waals surface area contributed by atoms with Crippen molar-refractivity contribution in [3.8, 4) is 11.5 Å². The zero-order valence-electron chi connectivity index (χ0n) is 17.4. The monoisotopic (exact) mass is 423 g/mol. The first-order chi connectivity index (χ1) is 14.4. The molecule has 7 nitrogen and oxygen atoms in total. The highest BCUT2D eigenvalue weighted by molar-refractivity contribution is 5.97. The van der Waals surface area contributed by atoms with Crippen molar-refractivity contribution in [2.75, 3.05) is 33.9 Å². The molecule has 1 aliphatic rings. The van der Waals surface area contributed by atoms with Gasteiger partial charge < -0.3 is 19.2 Å². The lowest BCUT2D eigenvalue weighted by atomic mass is 10.1. The van der Waals surface area contributed by atoms with Gasteiger partial charge in [-0.15, -0.1) is 0 Å². The first-order valence-electron chi connectivity index (χ1n) is 9.87. The quantitative estimate of drug-likeness (QED) is 0.734. The summed E-state index contributed by atoms with van der Waals surface area (Å²) in [6.45, 7) is 2.67. The lowest BCUT2D eigenvalue weighted by Gasteiger charge is -2.29. The number of carbonyl (C=O) groups excluding carboxylic acids is 1. The number of aromatic nitrogens is 1. The number of para-hydroxylation sites is 1. The molecule has 1 saturated heterocycles. The van der Waals surface area contributed by atoms with Gasteiger partial charge in [-0.1, -0.05) is 6.07 Å². The van der Waals surface area contributed by atoms with E-state index in [1.165, 1.54) is 20.6 Å². The summed E-state index contributed by atoms with van der Waals surface area (Å²) in [7, 11) is 2.96. The van der Waals surface area contributed by atoms with Gasteiger partial charge in [0.05, 0.1) is 31.5 Å². The molecule has 0 aliphatic carbocycles. The first kappa shape index (κ1) is 22.0. The fraction of sp³-hybridized carbons (Fsp3) is 0.524. The number of hydrogen-bond donors (Lipinski definition) is 1. The Hall–Kier alpha value is -2.68. The van der Waals surface area contributed by atoms with Crippen LogP contribution in [0, 0.1) is 6.92 Å². The summed E-state index contributed by atoms with van der Waals surface area (Å²) < 4.78 is 43.8. The molecule has 3 rings (SSSR count). The number of hydrogen-bond acceptors (Lipinski definition) is 6. The molecule has 164 valence electrons. The van der Waals surface area contributed by atoms with Crippen LogP contribution in [0.5, 0.6) is 11.5 Å². The molecule has 1 aromatic heterocycles. The Morgan fingerprint density at radius 1 is 1.30 bits per heavy atom. The molecular weight excluding hydrogens is 396 g/mol. The van der Waals surface area contributed by atoms with Crippen LogP contribution in [0.3, 0.4) is 0 Å². The van der Waals surface area contributed by atoms with Gasteiger partial charge in [0.15, 0.2) is 17.9 Å². The summed E-state index contributed by atoms with van der Waals surface area (Å²) >= 11 is 0. The van der Waals surface area contributed by atoms with Gasteiger partial charge in [-0.25, -0.2) is 13.8 Å².